The van der Waals surface area contributed by atoms with E-state index < -0.39 is 0 Å². The van der Waals surface area contributed by atoms with Gasteiger partial charge in [0.1, 0.15) is 23.7 Å². The van der Waals surface area contributed by atoms with Crippen molar-refractivity contribution in [2.24, 2.45) is 5.41 Å². The van der Waals surface area contributed by atoms with E-state index in [1.165, 1.54) is 18.4 Å². The number of likely N-dealkylation sites (tertiary alicyclic amines) is 1. The summed E-state index contributed by atoms with van der Waals surface area (Å²) in [7, 11) is 0. The third-order valence-electron chi connectivity index (χ3n) is 8.67. The third kappa shape index (κ3) is 3.56. The average Bonchev–Trinajstić information content (AvgIpc) is 3.44. The van der Waals surface area contributed by atoms with Crippen molar-refractivity contribution in [2.75, 3.05) is 50.9 Å². The van der Waals surface area contributed by atoms with Crippen LogP contribution >= 0.6 is 0 Å². The highest BCUT2D eigenvalue weighted by molar-refractivity contribution is 5.37. The number of anilines is 1. The lowest BCUT2D eigenvalue weighted by Crippen LogP contribution is -2.62. The summed E-state index contributed by atoms with van der Waals surface area (Å²) in [5.41, 5.74) is 1.84. The van der Waals surface area contributed by atoms with Gasteiger partial charge < -0.3 is 23.5 Å². The quantitative estimate of drug-likeness (QED) is 0.690. The highest BCUT2D eigenvalue weighted by Crippen LogP contribution is 2.49. The van der Waals surface area contributed by atoms with Gasteiger partial charge in [0.25, 0.3) is 6.01 Å². The van der Waals surface area contributed by atoms with Crippen LogP contribution in [0, 0.1) is 5.41 Å². The molecule has 2 spiro atoms. The fourth-order valence-corrected chi connectivity index (χ4v) is 6.73. The van der Waals surface area contributed by atoms with Crippen molar-refractivity contribution in [3.8, 4) is 5.75 Å². The number of oxazole rings is 1. The zero-order valence-corrected chi connectivity index (χ0v) is 19.2. The van der Waals surface area contributed by atoms with Crippen molar-refractivity contribution in [1.29, 1.82) is 0 Å². The minimum Gasteiger partial charge on any atom is -0.490 e. The first kappa shape index (κ1) is 20.3. The van der Waals surface area contributed by atoms with Crippen LogP contribution < -0.4 is 9.64 Å². The molecule has 7 heteroatoms. The van der Waals surface area contributed by atoms with Gasteiger partial charge in [-0.25, -0.2) is 4.98 Å². The first-order valence-electron chi connectivity index (χ1n) is 12.6. The Hall–Kier alpha value is -2.09. The first-order valence-corrected chi connectivity index (χ1v) is 12.6. The molecule has 4 aliphatic heterocycles. The monoisotopic (exact) mass is 451 g/mol. The average molecular weight is 452 g/mol. The van der Waals surface area contributed by atoms with E-state index in [0.717, 1.165) is 71.0 Å². The molecule has 5 aliphatic rings. The summed E-state index contributed by atoms with van der Waals surface area (Å²) in [5.74, 6) is 1.69. The Morgan fingerprint density at radius 2 is 1.85 bits per heavy atom. The Balaban J connectivity index is 0.932. The Bertz CT molecular complexity index is 969. The second kappa shape index (κ2) is 7.72. The molecule has 33 heavy (non-hydrogen) atoms. The summed E-state index contributed by atoms with van der Waals surface area (Å²) in [6.45, 7) is 6.75. The molecule has 5 heterocycles. The van der Waals surface area contributed by atoms with E-state index in [-0.39, 0.29) is 5.60 Å². The van der Waals surface area contributed by atoms with Crippen molar-refractivity contribution >= 4 is 6.01 Å². The van der Waals surface area contributed by atoms with E-state index in [4.69, 9.17) is 18.6 Å². The fraction of sp³-hybridized carbons (Fsp3) is 0.654. The topological polar surface area (TPSA) is 60.2 Å². The maximum Gasteiger partial charge on any atom is 0.297 e. The van der Waals surface area contributed by atoms with Crippen LogP contribution in [0.5, 0.6) is 5.75 Å². The molecule has 1 unspecified atom stereocenters. The van der Waals surface area contributed by atoms with Crippen molar-refractivity contribution in [3.05, 3.63) is 42.3 Å². The van der Waals surface area contributed by atoms with Crippen molar-refractivity contribution in [1.82, 2.24) is 9.88 Å². The van der Waals surface area contributed by atoms with Gasteiger partial charge in [0.2, 0.25) is 0 Å². The Morgan fingerprint density at radius 1 is 1.03 bits per heavy atom. The normalized spacial score (nSPS) is 29.1. The van der Waals surface area contributed by atoms with Gasteiger partial charge in [-0.3, -0.25) is 4.90 Å². The molecule has 0 amide bonds. The number of aromatic nitrogens is 1. The lowest BCUT2D eigenvalue weighted by molar-refractivity contribution is -0.191. The van der Waals surface area contributed by atoms with Gasteiger partial charge in [0.15, 0.2) is 0 Å². The number of benzene rings is 1. The predicted octanol–water partition coefficient (Wildman–Crippen LogP) is 3.46. The van der Waals surface area contributed by atoms with Crippen LogP contribution in [0.25, 0.3) is 0 Å². The van der Waals surface area contributed by atoms with Gasteiger partial charge in [-0.15, -0.1) is 0 Å². The van der Waals surface area contributed by atoms with Gasteiger partial charge in [-0.2, -0.15) is 0 Å². The fourth-order valence-electron chi connectivity index (χ4n) is 6.73. The Kier molecular flexibility index (Phi) is 4.75. The summed E-state index contributed by atoms with van der Waals surface area (Å²) in [5, 5.41) is 0. The number of rotatable bonds is 5. The summed E-state index contributed by atoms with van der Waals surface area (Å²) in [6, 6.07) is 9.99. The van der Waals surface area contributed by atoms with Crippen LogP contribution in [-0.4, -0.2) is 73.6 Å². The van der Waals surface area contributed by atoms with Crippen LogP contribution in [0.2, 0.25) is 0 Å². The van der Waals surface area contributed by atoms with Gasteiger partial charge in [-0.05, 0) is 62.7 Å². The smallest absolute Gasteiger partial charge is 0.297 e. The van der Waals surface area contributed by atoms with E-state index in [9.17, 15) is 0 Å². The molecule has 176 valence electrons. The summed E-state index contributed by atoms with van der Waals surface area (Å²) >= 11 is 0. The number of para-hydroxylation sites is 1. The Morgan fingerprint density at radius 3 is 2.58 bits per heavy atom. The van der Waals surface area contributed by atoms with Crippen molar-refractivity contribution in [3.63, 3.8) is 0 Å². The second-order valence-electron chi connectivity index (χ2n) is 11.0. The van der Waals surface area contributed by atoms with Crippen LogP contribution in [0.1, 0.15) is 43.6 Å². The van der Waals surface area contributed by atoms with Crippen LogP contribution in [0.3, 0.4) is 0 Å². The number of hydrogen-bond acceptors (Lipinski definition) is 7. The number of piperidine rings is 1. The second-order valence-corrected chi connectivity index (χ2v) is 11.0. The molecule has 7 rings (SSSR count). The molecular weight excluding hydrogens is 418 g/mol. The summed E-state index contributed by atoms with van der Waals surface area (Å²) < 4.78 is 23.6. The predicted molar refractivity (Wildman–Crippen MR) is 123 cm³/mol. The van der Waals surface area contributed by atoms with Gasteiger partial charge in [-0.1, -0.05) is 18.2 Å². The lowest BCUT2D eigenvalue weighted by Gasteiger charge is -2.52. The number of hydrogen-bond donors (Lipinski definition) is 0. The maximum absolute atomic E-state index is 6.48. The highest BCUT2D eigenvalue weighted by Gasteiger charge is 2.53. The first-order chi connectivity index (χ1) is 16.2. The largest absolute Gasteiger partial charge is 0.490 e. The van der Waals surface area contributed by atoms with E-state index >= 15 is 0 Å². The molecule has 1 aromatic heterocycles. The summed E-state index contributed by atoms with van der Waals surface area (Å²) in [4.78, 5) is 9.10. The Labute approximate surface area is 195 Å². The zero-order valence-electron chi connectivity index (χ0n) is 19.2. The van der Waals surface area contributed by atoms with E-state index in [1.807, 2.05) is 0 Å². The molecule has 1 saturated carbocycles. The molecule has 0 bridgehead atoms. The molecule has 1 aliphatic carbocycles. The molecule has 2 aromatic rings. The van der Waals surface area contributed by atoms with Crippen LogP contribution in [0.4, 0.5) is 6.01 Å². The number of nitrogens with zero attached hydrogens (tertiary/aromatic N) is 3. The van der Waals surface area contributed by atoms with Gasteiger partial charge in [0, 0.05) is 11.5 Å². The van der Waals surface area contributed by atoms with Crippen molar-refractivity contribution < 1.29 is 18.6 Å². The van der Waals surface area contributed by atoms with Gasteiger partial charge >= 0.3 is 0 Å². The zero-order chi connectivity index (χ0) is 21.9. The van der Waals surface area contributed by atoms with E-state index in [0.29, 0.717) is 29.5 Å². The molecule has 0 radical (unpaired) electrons. The SMILES string of the molecule is c1ccc(C2CCN(C3COC4(C3)CN(c3ncco3)C4)CC2)c(OC2CC3(COC3)C2)c1. The van der Waals surface area contributed by atoms with Crippen molar-refractivity contribution in [2.45, 2.75) is 55.8 Å². The number of ether oxygens (including phenoxy) is 3. The van der Waals surface area contributed by atoms with Crippen LogP contribution in [0.15, 0.2) is 41.1 Å². The highest BCUT2D eigenvalue weighted by atomic mass is 16.5. The maximum atomic E-state index is 6.48. The minimum absolute atomic E-state index is 0.0119. The van der Waals surface area contributed by atoms with Crippen LogP contribution in [-0.2, 0) is 9.47 Å². The van der Waals surface area contributed by atoms with E-state index in [1.54, 1.807) is 12.5 Å². The molecule has 4 saturated heterocycles. The standard InChI is InChI=1S/C26H33N3O4/c1-2-4-23(33-21-12-25(13-21)17-30-18-25)22(3-1)19-5-8-28(9-6-19)20-11-26(32-14-20)15-29(16-26)24-27-7-10-31-24/h1-4,7,10,19-21H,5-6,8-9,11-18H2. The molecule has 1 aromatic carbocycles. The molecule has 7 nitrogen and oxygen atoms in total. The summed E-state index contributed by atoms with van der Waals surface area (Å²) in [6.07, 6.45) is 9.49. The van der Waals surface area contributed by atoms with E-state index in [2.05, 4.69) is 39.0 Å². The lowest BCUT2D eigenvalue weighted by atomic mass is 9.65. The van der Waals surface area contributed by atoms with Gasteiger partial charge in [0.05, 0.1) is 39.1 Å². The minimum atomic E-state index is -0.0119. The third-order valence-corrected chi connectivity index (χ3v) is 8.67. The molecule has 1 atom stereocenters. The molecular formula is C26H33N3O4. The molecule has 0 N–H and O–H groups in total. The molecule has 5 fully saturated rings.